The number of rotatable bonds is 5. The number of fused-ring (bicyclic) bond motifs is 3. The number of piperazine rings is 1. The molecule has 164 valence electrons. The molecule has 1 saturated heterocycles. The molecule has 0 spiro atoms. The number of nitrogens with zero attached hydrogens (tertiary/aromatic N) is 6. The molecule has 0 amide bonds. The van der Waals surface area contributed by atoms with Crippen LogP contribution in [-0.2, 0) is 0 Å². The number of aromatic nitrogens is 4. The zero-order valence-corrected chi connectivity index (χ0v) is 18.8. The molecule has 3 aromatic heterocycles. The van der Waals surface area contributed by atoms with E-state index in [0.717, 1.165) is 49.4 Å². The Bertz CT molecular complexity index is 1280. The number of benzene rings is 1. The van der Waals surface area contributed by atoms with Gasteiger partial charge >= 0.3 is 0 Å². The number of hydrogen-bond acceptors (Lipinski definition) is 6. The van der Waals surface area contributed by atoms with Gasteiger partial charge < -0.3 is 19.7 Å². The molecular formula is C25H29N7. The van der Waals surface area contributed by atoms with Crippen molar-refractivity contribution >= 4 is 39.3 Å². The fraction of sp³-hybridized carbons (Fsp3) is 0.400. The summed E-state index contributed by atoms with van der Waals surface area (Å²) in [6.07, 6.45) is 8.58. The van der Waals surface area contributed by atoms with Gasteiger partial charge in [-0.25, -0.2) is 15.0 Å². The minimum absolute atomic E-state index is 0.588. The van der Waals surface area contributed by atoms with Gasteiger partial charge in [0.1, 0.15) is 11.3 Å². The number of likely N-dealkylation sites (N-methyl/N-ethyl adjacent to an activating group) is 1. The van der Waals surface area contributed by atoms with Crippen LogP contribution in [-0.4, -0.2) is 57.1 Å². The van der Waals surface area contributed by atoms with Gasteiger partial charge in [0.15, 0.2) is 0 Å². The average Bonchev–Trinajstić information content (AvgIpc) is 3.57. The van der Waals surface area contributed by atoms with Gasteiger partial charge in [0.25, 0.3) is 0 Å². The SMILES string of the molecule is CCN1CCN(c2cnc(Nc3ncc4ccc5ccn(C6CC6)c5c4n3)cc2C)CC1. The molecule has 1 aliphatic heterocycles. The molecular weight excluding hydrogens is 398 g/mol. The van der Waals surface area contributed by atoms with Gasteiger partial charge in [0, 0.05) is 55.4 Å². The number of pyridine rings is 1. The Morgan fingerprint density at radius 2 is 1.81 bits per heavy atom. The van der Waals surface area contributed by atoms with Crippen LogP contribution in [0.25, 0.3) is 21.8 Å². The van der Waals surface area contributed by atoms with Gasteiger partial charge in [-0.05, 0) is 44.0 Å². The molecule has 7 heteroatoms. The molecule has 6 rings (SSSR count). The molecule has 1 aliphatic carbocycles. The molecule has 0 bridgehead atoms. The highest BCUT2D eigenvalue weighted by Crippen LogP contribution is 2.39. The Kier molecular flexibility index (Phi) is 4.72. The van der Waals surface area contributed by atoms with E-state index < -0.39 is 0 Å². The van der Waals surface area contributed by atoms with Crippen molar-refractivity contribution in [1.29, 1.82) is 0 Å². The average molecular weight is 428 g/mol. The highest BCUT2D eigenvalue weighted by atomic mass is 15.3. The van der Waals surface area contributed by atoms with Crippen LogP contribution in [0.3, 0.4) is 0 Å². The summed E-state index contributed by atoms with van der Waals surface area (Å²) in [5.41, 5.74) is 4.65. The molecule has 2 fully saturated rings. The van der Waals surface area contributed by atoms with Crippen molar-refractivity contribution in [3.63, 3.8) is 0 Å². The molecule has 1 saturated carbocycles. The highest BCUT2D eigenvalue weighted by Gasteiger charge is 2.25. The molecule has 2 aliphatic rings. The first kappa shape index (κ1) is 19.5. The molecule has 1 N–H and O–H groups in total. The quantitative estimate of drug-likeness (QED) is 0.506. The first-order chi connectivity index (χ1) is 15.7. The predicted molar refractivity (Wildman–Crippen MR) is 130 cm³/mol. The van der Waals surface area contributed by atoms with E-state index >= 15 is 0 Å². The maximum Gasteiger partial charge on any atom is 0.228 e. The molecule has 32 heavy (non-hydrogen) atoms. The van der Waals surface area contributed by atoms with E-state index in [1.54, 1.807) is 0 Å². The van der Waals surface area contributed by atoms with Crippen molar-refractivity contribution in [3.8, 4) is 0 Å². The summed E-state index contributed by atoms with van der Waals surface area (Å²) in [5.74, 6) is 1.37. The van der Waals surface area contributed by atoms with E-state index in [9.17, 15) is 0 Å². The number of hydrogen-bond donors (Lipinski definition) is 1. The maximum absolute atomic E-state index is 4.90. The van der Waals surface area contributed by atoms with Crippen LogP contribution < -0.4 is 10.2 Å². The smallest absolute Gasteiger partial charge is 0.228 e. The van der Waals surface area contributed by atoms with Gasteiger partial charge in [0.05, 0.1) is 17.4 Å². The third-order valence-corrected chi connectivity index (χ3v) is 6.85. The second-order valence-corrected chi connectivity index (χ2v) is 8.99. The van der Waals surface area contributed by atoms with Crippen molar-refractivity contribution in [1.82, 2.24) is 24.4 Å². The van der Waals surface area contributed by atoms with Crippen molar-refractivity contribution in [2.75, 3.05) is 42.9 Å². The van der Waals surface area contributed by atoms with Crippen LogP contribution in [0.2, 0.25) is 0 Å². The Hall–Kier alpha value is -3.19. The van der Waals surface area contributed by atoms with Gasteiger partial charge in [0.2, 0.25) is 5.95 Å². The van der Waals surface area contributed by atoms with E-state index in [4.69, 9.17) is 4.98 Å². The lowest BCUT2D eigenvalue weighted by molar-refractivity contribution is 0.271. The molecule has 4 aromatic rings. The monoisotopic (exact) mass is 427 g/mol. The van der Waals surface area contributed by atoms with Crippen LogP contribution in [0.15, 0.2) is 42.9 Å². The highest BCUT2D eigenvalue weighted by molar-refractivity contribution is 6.03. The summed E-state index contributed by atoms with van der Waals surface area (Å²) in [5, 5.41) is 5.63. The summed E-state index contributed by atoms with van der Waals surface area (Å²) < 4.78 is 2.38. The third-order valence-electron chi connectivity index (χ3n) is 6.85. The van der Waals surface area contributed by atoms with Gasteiger partial charge in [-0.15, -0.1) is 0 Å². The summed E-state index contributed by atoms with van der Waals surface area (Å²) in [6.45, 7) is 9.82. The zero-order chi connectivity index (χ0) is 21.7. The first-order valence-electron chi connectivity index (χ1n) is 11.7. The second-order valence-electron chi connectivity index (χ2n) is 8.99. The van der Waals surface area contributed by atoms with Crippen LogP contribution in [0.5, 0.6) is 0 Å². The van der Waals surface area contributed by atoms with E-state index in [0.29, 0.717) is 12.0 Å². The van der Waals surface area contributed by atoms with Crippen molar-refractivity contribution in [2.24, 2.45) is 0 Å². The molecule has 0 atom stereocenters. The topological polar surface area (TPSA) is 62.1 Å². The van der Waals surface area contributed by atoms with E-state index in [2.05, 4.69) is 74.0 Å². The van der Waals surface area contributed by atoms with Crippen LogP contribution in [0.1, 0.15) is 31.4 Å². The molecule has 0 unspecified atom stereocenters. The zero-order valence-electron chi connectivity index (χ0n) is 18.8. The standard InChI is InChI=1S/C25H29N7/c1-3-30-10-12-31(13-11-30)21-16-26-22(14-17(21)2)28-25-27-15-19-5-4-18-8-9-32(20-6-7-20)24(18)23(19)29-25/h4-5,8-9,14-16,20H,3,6-7,10-13H2,1-2H3,(H,26,27,28,29). The summed E-state index contributed by atoms with van der Waals surface area (Å²) in [6, 6.07) is 9.17. The lowest BCUT2D eigenvalue weighted by Gasteiger charge is -2.36. The molecule has 7 nitrogen and oxygen atoms in total. The second kappa shape index (κ2) is 7.74. The van der Waals surface area contributed by atoms with Gasteiger partial charge in [-0.2, -0.15) is 0 Å². The van der Waals surface area contributed by atoms with Crippen LogP contribution >= 0.6 is 0 Å². The minimum atomic E-state index is 0.588. The first-order valence-corrected chi connectivity index (χ1v) is 11.7. The Balaban J connectivity index is 1.28. The predicted octanol–water partition coefficient (Wildman–Crippen LogP) is 4.51. The maximum atomic E-state index is 4.90. The fourth-order valence-corrected chi connectivity index (χ4v) is 4.82. The molecule has 4 heterocycles. The Morgan fingerprint density at radius 1 is 1.00 bits per heavy atom. The van der Waals surface area contributed by atoms with E-state index in [1.807, 2.05) is 12.4 Å². The van der Waals surface area contributed by atoms with E-state index in [-0.39, 0.29) is 0 Å². The normalized spacial score (nSPS) is 17.4. The van der Waals surface area contributed by atoms with E-state index in [1.165, 1.54) is 35.0 Å². The summed E-state index contributed by atoms with van der Waals surface area (Å²) >= 11 is 0. The fourth-order valence-electron chi connectivity index (χ4n) is 4.82. The van der Waals surface area contributed by atoms with Crippen LogP contribution in [0, 0.1) is 6.92 Å². The Labute approximate surface area is 188 Å². The van der Waals surface area contributed by atoms with Gasteiger partial charge in [-0.3, -0.25) is 0 Å². The summed E-state index contributed by atoms with van der Waals surface area (Å²) in [4.78, 5) is 19.1. The number of anilines is 3. The number of nitrogens with one attached hydrogen (secondary N) is 1. The van der Waals surface area contributed by atoms with Crippen molar-refractivity contribution in [3.05, 3.63) is 48.4 Å². The van der Waals surface area contributed by atoms with Gasteiger partial charge in [-0.1, -0.05) is 19.1 Å². The lowest BCUT2D eigenvalue weighted by atomic mass is 10.2. The van der Waals surface area contributed by atoms with Crippen molar-refractivity contribution in [2.45, 2.75) is 32.7 Å². The Morgan fingerprint density at radius 3 is 2.56 bits per heavy atom. The minimum Gasteiger partial charge on any atom is -0.368 e. The number of aryl methyl sites for hydroxylation is 1. The largest absolute Gasteiger partial charge is 0.368 e. The van der Waals surface area contributed by atoms with Crippen LogP contribution in [0.4, 0.5) is 17.5 Å². The molecule has 0 radical (unpaired) electrons. The van der Waals surface area contributed by atoms with Crippen molar-refractivity contribution < 1.29 is 0 Å². The summed E-state index contributed by atoms with van der Waals surface area (Å²) in [7, 11) is 0. The third kappa shape index (κ3) is 3.46. The lowest BCUT2D eigenvalue weighted by Crippen LogP contribution is -2.46. The molecule has 1 aromatic carbocycles.